The standard InChI is InChI=1S/C25H30N2/c1-5-19(3)27(20(4)6-2)23-15-12-21(13-16-23)11-14-22-17-18-26-25-10-8-7-9-24(22)25/h7-20H,5-6H2,1-4H3/b14-11-/t19-,20-/m0/s1. The van der Waals surface area contributed by atoms with Gasteiger partial charge < -0.3 is 4.90 Å². The maximum absolute atomic E-state index is 4.44. The van der Waals surface area contributed by atoms with Crippen LogP contribution in [0.2, 0.25) is 0 Å². The normalized spacial score (nSPS) is 13.8. The first-order valence-corrected chi connectivity index (χ1v) is 10.0. The molecule has 0 fully saturated rings. The third-order valence-electron chi connectivity index (χ3n) is 5.46. The second-order valence-corrected chi connectivity index (χ2v) is 7.26. The van der Waals surface area contributed by atoms with Gasteiger partial charge in [-0.25, -0.2) is 0 Å². The second kappa shape index (κ2) is 8.85. The second-order valence-electron chi connectivity index (χ2n) is 7.26. The Labute approximate surface area is 163 Å². The zero-order valence-corrected chi connectivity index (χ0v) is 16.9. The number of rotatable bonds is 7. The van der Waals surface area contributed by atoms with Crippen LogP contribution in [0.15, 0.2) is 60.8 Å². The molecule has 140 valence electrons. The van der Waals surface area contributed by atoms with Crippen LogP contribution in [0.3, 0.4) is 0 Å². The molecule has 0 aliphatic rings. The quantitative estimate of drug-likeness (QED) is 0.461. The molecule has 27 heavy (non-hydrogen) atoms. The fourth-order valence-electron chi connectivity index (χ4n) is 3.54. The van der Waals surface area contributed by atoms with Crippen LogP contribution in [-0.4, -0.2) is 17.1 Å². The molecular formula is C25H30N2. The summed E-state index contributed by atoms with van der Waals surface area (Å²) >= 11 is 0. The van der Waals surface area contributed by atoms with Crippen molar-refractivity contribution in [1.29, 1.82) is 0 Å². The first-order valence-electron chi connectivity index (χ1n) is 10.0. The van der Waals surface area contributed by atoms with E-state index in [0.717, 1.165) is 18.4 Å². The van der Waals surface area contributed by atoms with Gasteiger partial charge in [0.15, 0.2) is 0 Å². The number of hydrogen-bond acceptors (Lipinski definition) is 2. The van der Waals surface area contributed by atoms with E-state index in [4.69, 9.17) is 0 Å². The number of nitrogens with zero attached hydrogens (tertiary/aromatic N) is 2. The van der Waals surface area contributed by atoms with Crippen molar-refractivity contribution >= 4 is 28.7 Å². The number of para-hydroxylation sites is 1. The van der Waals surface area contributed by atoms with E-state index in [1.54, 1.807) is 0 Å². The summed E-state index contributed by atoms with van der Waals surface area (Å²) in [5, 5.41) is 1.19. The number of pyridine rings is 1. The van der Waals surface area contributed by atoms with Crippen LogP contribution in [0.25, 0.3) is 23.1 Å². The molecular weight excluding hydrogens is 328 g/mol. The van der Waals surface area contributed by atoms with E-state index >= 15 is 0 Å². The Hall–Kier alpha value is -2.61. The van der Waals surface area contributed by atoms with Gasteiger partial charge in [-0.3, -0.25) is 4.98 Å². The predicted octanol–water partition coefficient (Wildman–Crippen LogP) is 6.81. The average molecular weight is 359 g/mol. The van der Waals surface area contributed by atoms with E-state index in [-0.39, 0.29) is 0 Å². The minimum Gasteiger partial charge on any atom is -0.366 e. The van der Waals surface area contributed by atoms with Gasteiger partial charge in [0.1, 0.15) is 0 Å². The molecule has 0 bridgehead atoms. The van der Waals surface area contributed by atoms with Crippen LogP contribution in [0.5, 0.6) is 0 Å². The average Bonchev–Trinajstić information content (AvgIpc) is 2.72. The minimum absolute atomic E-state index is 0.546. The lowest BCUT2D eigenvalue weighted by molar-refractivity contribution is 0.527. The Morgan fingerprint density at radius 1 is 0.852 bits per heavy atom. The van der Waals surface area contributed by atoms with Crippen LogP contribution in [0.1, 0.15) is 51.7 Å². The van der Waals surface area contributed by atoms with Gasteiger partial charge >= 0.3 is 0 Å². The van der Waals surface area contributed by atoms with Gasteiger partial charge in [0.25, 0.3) is 0 Å². The molecule has 0 aliphatic heterocycles. The maximum Gasteiger partial charge on any atom is 0.0707 e. The van der Waals surface area contributed by atoms with E-state index in [9.17, 15) is 0 Å². The lowest BCUT2D eigenvalue weighted by Crippen LogP contribution is -2.39. The number of benzene rings is 2. The van der Waals surface area contributed by atoms with Crippen molar-refractivity contribution in [3.63, 3.8) is 0 Å². The largest absolute Gasteiger partial charge is 0.366 e. The number of anilines is 1. The van der Waals surface area contributed by atoms with Crippen LogP contribution < -0.4 is 4.90 Å². The fraction of sp³-hybridized carbons (Fsp3) is 0.320. The van der Waals surface area contributed by atoms with Crippen molar-refractivity contribution in [1.82, 2.24) is 4.98 Å². The molecule has 2 atom stereocenters. The molecule has 1 heterocycles. The molecule has 0 amide bonds. The predicted molar refractivity (Wildman–Crippen MR) is 119 cm³/mol. The fourth-order valence-corrected chi connectivity index (χ4v) is 3.54. The molecule has 2 aromatic carbocycles. The molecule has 2 nitrogen and oxygen atoms in total. The Morgan fingerprint density at radius 3 is 2.19 bits per heavy atom. The summed E-state index contributed by atoms with van der Waals surface area (Å²) in [6, 6.07) is 20.4. The van der Waals surface area contributed by atoms with Crippen molar-refractivity contribution in [2.24, 2.45) is 0 Å². The molecule has 0 N–H and O–H groups in total. The zero-order chi connectivity index (χ0) is 19.2. The zero-order valence-electron chi connectivity index (χ0n) is 16.9. The summed E-state index contributed by atoms with van der Waals surface area (Å²) in [7, 11) is 0. The first-order chi connectivity index (χ1) is 13.1. The van der Waals surface area contributed by atoms with Gasteiger partial charge in [-0.15, -0.1) is 0 Å². The highest BCUT2D eigenvalue weighted by molar-refractivity contribution is 5.90. The molecule has 1 aromatic heterocycles. The molecule has 3 rings (SSSR count). The van der Waals surface area contributed by atoms with Crippen molar-refractivity contribution in [3.05, 3.63) is 71.9 Å². The van der Waals surface area contributed by atoms with Crippen molar-refractivity contribution in [2.75, 3.05) is 4.90 Å². The highest BCUT2D eigenvalue weighted by atomic mass is 15.2. The summed E-state index contributed by atoms with van der Waals surface area (Å²) < 4.78 is 0. The van der Waals surface area contributed by atoms with Crippen molar-refractivity contribution < 1.29 is 0 Å². The number of aromatic nitrogens is 1. The van der Waals surface area contributed by atoms with E-state index in [2.05, 4.69) is 98.3 Å². The van der Waals surface area contributed by atoms with Crippen molar-refractivity contribution in [2.45, 2.75) is 52.6 Å². The number of hydrogen-bond donors (Lipinski definition) is 0. The van der Waals surface area contributed by atoms with Gasteiger partial charge in [0, 0.05) is 29.4 Å². The van der Waals surface area contributed by atoms with Crippen LogP contribution in [-0.2, 0) is 0 Å². The molecule has 0 saturated carbocycles. The third-order valence-corrected chi connectivity index (χ3v) is 5.46. The maximum atomic E-state index is 4.44. The van der Waals surface area contributed by atoms with E-state index in [0.29, 0.717) is 12.1 Å². The molecule has 0 aliphatic carbocycles. The SMILES string of the molecule is CC[C@H](C)N(c1ccc(/C=C\c2ccnc3ccccc23)cc1)[C@@H](C)CC. The summed E-state index contributed by atoms with van der Waals surface area (Å²) in [6.45, 7) is 9.15. The molecule has 0 spiro atoms. The van der Waals surface area contributed by atoms with E-state index in [1.165, 1.54) is 22.2 Å². The lowest BCUT2D eigenvalue weighted by atomic mass is 10.1. The van der Waals surface area contributed by atoms with E-state index < -0.39 is 0 Å². The molecule has 0 unspecified atom stereocenters. The Kier molecular flexibility index (Phi) is 6.28. The summed E-state index contributed by atoms with van der Waals surface area (Å²) in [5.74, 6) is 0. The summed E-state index contributed by atoms with van der Waals surface area (Å²) in [5.41, 5.74) is 4.76. The Morgan fingerprint density at radius 2 is 1.52 bits per heavy atom. The minimum atomic E-state index is 0.546. The van der Waals surface area contributed by atoms with Crippen molar-refractivity contribution in [3.8, 4) is 0 Å². The molecule has 2 heteroatoms. The topological polar surface area (TPSA) is 16.1 Å². The van der Waals surface area contributed by atoms with E-state index in [1.807, 2.05) is 12.3 Å². The monoisotopic (exact) mass is 358 g/mol. The third kappa shape index (κ3) is 4.39. The Balaban J connectivity index is 1.83. The molecule has 0 radical (unpaired) electrons. The van der Waals surface area contributed by atoms with Gasteiger partial charge in [-0.2, -0.15) is 0 Å². The smallest absolute Gasteiger partial charge is 0.0707 e. The van der Waals surface area contributed by atoms with Crippen LogP contribution in [0.4, 0.5) is 5.69 Å². The summed E-state index contributed by atoms with van der Waals surface area (Å²) in [6.07, 6.45) is 8.55. The highest BCUT2D eigenvalue weighted by Gasteiger charge is 2.17. The lowest BCUT2D eigenvalue weighted by Gasteiger charge is -2.36. The van der Waals surface area contributed by atoms with Crippen LogP contribution in [0, 0.1) is 0 Å². The Bertz CT molecular complexity index is 880. The van der Waals surface area contributed by atoms with Gasteiger partial charge in [-0.05, 0) is 62.1 Å². The highest BCUT2D eigenvalue weighted by Crippen LogP contribution is 2.24. The first kappa shape index (κ1) is 19.2. The van der Waals surface area contributed by atoms with Crippen LogP contribution >= 0.6 is 0 Å². The molecule has 0 saturated heterocycles. The summed E-state index contributed by atoms with van der Waals surface area (Å²) in [4.78, 5) is 6.98. The van der Waals surface area contributed by atoms with Gasteiger partial charge in [0.05, 0.1) is 5.52 Å². The van der Waals surface area contributed by atoms with Gasteiger partial charge in [0.2, 0.25) is 0 Å². The molecule has 3 aromatic rings. The van der Waals surface area contributed by atoms with Gasteiger partial charge in [-0.1, -0.05) is 56.3 Å². The number of fused-ring (bicyclic) bond motifs is 1.